The lowest BCUT2D eigenvalue weighted by Gasteiger charge is -2.39. The Balaban J connectivity index is 2.35. The molecule has 0 unspecified atom stereocenters. The monoisotopic (exact) mass is 156 g/mol. The van der Waals surface area contributed by atoms with Crippen molar-refractivity contribution in [3.8, 4) is 0 Å². The average molecular weight is 156 g/mol. The standard InChI is InChI=1S/C10H22N/c1-4-10-6-8-11(3,5-2)9-7-10/h10H,4-9H2,1-3H3/q+1. The molecule has 1 heterocycles. The Morgan fingerprint density at radius 2 is 1.73 bits per heavy atom. The molecule has 0 amide bonds. The Morgan fingerprint density at radius 1 is 1.18 bits per heavy atom. The highest BCUT2D eigenvalue weighted by Gasteiger charge is 2.26. The molecular weight excluding hydrogens is 134 g/mol. The minimum atomic E-state index is 1.03. The van der Waals surface area contributed by atoms with Gasteiger partial charge in [0, 0.05) is 0 Å². The number of nitrogens with zero attached hydrogens (tertiary/aromatic N) is 1. The van der Waals surface area contributed by atoms with Crippen LogP contribution in [-0.2, 0) is 0 Å². The summed E-state index contributed by atoms with van der Waals surface area (Å²) in [5.74, 6) is 1.03. The van der Waals surface area contributed by atoms with Crippen LogP contribution < -0.4 is 0 Å². The van der Waals surface area contributed by atoms with E-state index < -0.39 is 0 Å². The van der Waals surface area contributed by atoms with Crippen molar-refractivity contribution in [2.45, 2.75) is 33.1 Å². The molecule has 0 bridgehead atoms. The molecule has 1 heteroatoms. The minimum absolute atomic E-state index is 1.03. The summed E-state index contributed by atoms with van der Waals surface area (Å²) in [5, 5.41) is 0. The molecule has 0 aliphatic carbocycles. The second-order valence-corrected chi connectivity index (χ2v) is 4.23. The van der Waals surface area contributed by atoms with Crippen LogP contribution in [0.1, 0.15) is 33.1 Å². The highest BCUT2D eigenvalue weighted by molar-refractivity contribution is 4.62. The van der Waals surface area contributed by atoms with E-state index in [-0.39, 0.29) is 0 Å². The molecule has 0 saturated carbocycles. The molecule has 0 atom stereocenters. The number of likely N-dealkylation sites (tertiary alicyclic amines) is 1. The number of piperidine rings is 1. The van der Waals surface area contributed by atoms with E-state index in [9.17, 15) is 0 Å². The van der Waals surface area contributed by atoms with Crippen molar-refractivity contribution in [2.24, 2.45) is 5.92 Å². The Kier molecular flexibility index (Phi) is 2.94. The third-order valence-electron chi connectivity index (χ3n) is 3.50. The number of quaternary nitrogens is 1. The molecule has 0 N–H and O–H groups in total. The molecule has 1 rings (SSSR count). The first-order chi connectivity index (χ1) is 5.20. The molecule has 66 valence electrons. The molecule has 0 aromatic rings. The van der Waals surface area contributed by atoms with Crippen molar-refractivity contribution in [2.75, 3.05) is 26.7 Å². The van der Waals surface area contributed by atoms with E-state index in [1.807, 2.05) is 0 Å². The highest BCUT2D eigenvalue weighted by atomic mass is 15.3. The van der Waals surface area contributed by atoms with Gasteiger partial charge in [0.2, 0.25) is 0 Å². The lowest BCUT2D eigenvalue weighted by molar-refractivity contribution is -0.913. The minimum Gasteiger partial charge on any atom is -0.326 e. The van der Waals surface area contributed by atoms with Gasteiger partial charge in [0.1, 0.15) is 0 Å². The fourth-order valence-corrected chi connectivity index (χ4v) is 1.97. The van der Waals surface area contributed by atoms with E-state index in [0.717, 1.165) is 5.92 Å². The number of hydrogen-bond acceptors (Lipinski definition) is 0. The van der Waals surface area contributed by atoms with Crippen LogP contribution in [0.25, 0.3) is 0 Å². The summed E-state index contributed by atoms with van der Waals surface area (Å²) in [5.41, 5.74) is 0. The quantitative estimate of drug-likeness (QED) is 0.538. The fourth-order valence-electron chi connectivity index (χ4n) is 1.97. The molecule has 0 spiro atoms. The first kappa shape index (κ1) is 9.05. The maximum absolute atomic E-state index is 2.39. The smallest absolute Gasteiger partial charge is 0.0787 e. The van der Waals surface area contributed by atoms with Crippen LogP contribution in [0, 0.1) is 5.92 Å². The molecule has 1 saturated heterocycles. The summed E-state index contributed by atoms with van der Waals surface area (Å²) in [7, 11) is 2.39. The van der Waals surface area contributed by atoms with Crippen molar-refractivity contribution in [3.05, 3.63) is 0 Å². The van der Waals surface area contributed by atoms with Gasteiger partial charge >= 0.3 is 0 Å². The molecule has 1 aliphatic rings. The summed E-state index contributed by atoms with van der Waals surface area (Å²) in [6.45, 7) is 8.78. The molecule has 1 nitrogen and oxygen atoms in total. The van der Waals surface area contributed by atoms with Gasteiger partial charge in [0.25, 0.3) is 0 Å². The topological polar surface area (TPSA) is 0 Å². The average Bonchev–Trinajstić information content (AvgIpc) is 2.06. The van der Waals surface area contributed by atoms with Gasteiger partial charge in [-0.1, -0.05) is 13.3 Å². The van der Waals surface area contributed by atoms with E-state index in [0.29, 0.717) is 0 Å². The predicted octanol–water partition coefficient (Wildman–Crippen LogP) is 2.27. The van der Waals surface area contributed by atoms with Gasteiger partial charge < -0.3 is 4.48 Å². The second-order valence-electron chi connectivity index (χ2n) is 4.23. The van der Waals surface area contributed by atoms with Gasteiger partial charge in [-0.05, 0) is 25.7 Å². The van der Waals surface area contributed by atoms with Gasteiger partial charge in [-0.3, -0.25) is 0 Å². The van der Waals surface area contributed by atoms with E-state index in [4.69, 9.17) is 0 Å². The maximum Gasteiger partial charge on any atom is 0.0787 e. The first-order valence-electron chi connectivity index (χ1n) is 5.03. The summed E-state index contributed by atoms with van der Waals surface area (Å²) in [6.07, 6.45) is 4.31. The normalized spacial score (nSPS) is 39.0. The first-order valence-corrected chi connectivity index (χ1v) is 5.03. The number of rotatable bonds is 2. The zero-order chi connectivity index (χ0) is 8.32. The van der Waals surface area contributed by atoms with Gasteiger partial charge in [-0.25, -0.2) is 0 Å². The van der Waals surface area contributed by atoms with Gasteiger partial charge in [-0.15, -0.1) is 0 Å². The van der Waals surface area contributed by atoms with Crippen LogP contribution >= 0.6 is 0 Å². The Hall–Kier alpha value is -0.0400. The van der Waals surface area contributed by atoms with E-state index in [1.54, 1.807) is 0 Å². The maximum atomic E-state index is 2.39. The Labute approximate surface area is 71.0 Å². The molecule has 11 heavy (non-hydrogen) atoms. The van der Waals surface area contributed by atoms with Crippen LogP contribution in [0.5, 0.6) is 0 Å². The van der Waals surface area contributed by atoms with Crippen molar-refractivity contribution < 1.29 is 4.48 Å². The Morgan fingerprint density at radius 3 is 2.09 bits per heavy atom. The highest BCUT2D eigenvalue weighted by Crippen LogP contribution is 2.23. The summed E-state index contributed by atoms with van der Waals surface area (Å²) in [4.78, 5) is 0. The molecule has 1 fully saturated rings. The molecule has 0 aromatic carbocycles. The third-order valence-corrected chi connectivity index (χ3v) is 3.50. The fraction of sp³-hybridized carbons (Fsp3) is 1.00. The molecule has 0 aromatic heterocycles. The van der Waals surface area contributed by atoms with Crippen LogP contribution in [0.3, 0.4) is 0 Å². The van der Waals surface area contributed by atoms with Crippen LogP contribution in [0.4, 0.5) is 0 Å². The predicted molar refractivity (Wildman–Crippen MR) is 49.5 cm³/mol. The van der Waals surface area contributed by atoms with Crippen molar-refractivity contribution in [1.82, 2.24) is 0 Å². The van der Waals surface area contributed by atoms with Crippen molar-refractivity contribution >= 4 is 0 Å². The van der Waals surface area contributed by atoms with E-state index >= 15 is 0 Å². The van der Waals surface area contributed by atoms with E-state index in [2.05, 4.69) is 20.9 Å². The Bertz CT molecular complexity index is 112. The third kappa shape index (κ3) is 2.19. The largest absolute Gasteiger partial charge is 0.326 e. The summed E-state index contributed by atoms with van der Waals surface area (Å²) in [6, 6.07) is 0. The molecule has 1 aliphatic heterocycles. The zero-order valence-corrected chi connectivity index (χ0v) is 8.27. The summed E-state index contributed by atoms with van der Waals surface area (Å²) < 4.78 is 1.32. The van der Waals surface area contributed by atoms with Crippen molar-refractivity contribution in [1.29, 1.82) is 0 Å². The van der Waals surface area contributed by atoms with Crippen LogP contribution in [0.15, 0.2) is 0 Å². The van der Waals surface area contributed by atoms with Crippen molar-refractivity contribution in [3.63, 3.8) is 0 Å². The van der Waals surface area contributed by atoms with E-state index in [1.165, 1.54) is 43.4 Å². The van der Waals surface area contributed by atoms with Gasteiger partial charge in [0.05, 0.1) is 26.7 Å². The van der Waals surface area contributed by atoms with Crippen LogP contribution in [0.2, 0.25) is 0 Å². The molecule has 0 radical (unpaired) electrons. The van der Waals surface area contributed by atoms with Gasteiger partial charge in [0.15, 0.2) is 0 Å². The zero-order valence-electron chi connectivity index (χ0n) is 8.27. The van der Waals surface area contributed by atoms with Crippen LogP contribution in [-0.4, -0.2) is 31.2 Å². The SMILES string of the molecule is CCC1CC[N+](C)(CC)CC1. The summed E-state index contributed by atoms with van der Waals surface area (Å²) >= 11 is 0. The second kappa shape index (κ2) is 3.57. The van der Waals surface area contributed by atoms with Gasteiger partial charge in [-0.2, -0.15) is 0 Å². The lowest BCUT2D eigenvalue weighted by atomic mass is 9.93. The lowest BCUT2D eigenvalue weighted by Crippen LogP contribution is -2.49. The molecular formula is C10H22N+. The number of hydrogen-bond donors (Lipinski definition) is 0.